The van der Waals surface area contributed by atoms with Crippen molar-refractivity contribution in [3.8, 4) is 6.07 Å². The first kappa shape index (κ1) is 12.3. The highest BCUT2D eigenvalue weighted by molar-refractivity contribution is 5.31. The molecule has 18 heavy (non-hydrogen) atoms. The van der Waals surface area contributed by atoms with Gasteiger partial charge in [0.2, 0.25) is 0 Å². The van der Waals surface area contributed by atoms with Crippen LogP contribution in [-0.4, -0.2) is 17.1 Å². The van der Waals surface area contributed by atoms with Crippen molar-refractivity contribution in [1.82, 2.24) is 10.1 Å². The van der Waals surface area contributed by atoms with E-state index < -0.39 is 0 Å². The number of hydrogen-bond donors (Lipinski definition) is 0. The lowest BCUT2D eigenvalue weighted by Gasteiger charge is -2.14. The summed E-state index contributed by atoms with van der Waals surface area (Å²) in [4.78, 5) is 2.15. The molecule has 0 saturated carbocycles. The first-order chi connectivity index (χ1) is 8.67. The van der Waals surface area contributed by atoms with Crippen LogP contribution in [0.25, 0.3) is 0 Å². The highest BCUT2D eigenvalue weighted by Crippen LogP contribution is 2.09. The van der Waals surface area contributed by atoms with E-state index in [-0.39, 0.29) is 0 Å². The van der Waals surface area contributed by atoms with Gasteiger partial charge in [-0.25, -0.2) is 0 Å². The zero-order valence-corrected chi connectivity index (χ0v) is 10.6. The number of nitrogens with zero attached hydrogens (tertiary/aromatic N) is 3. The van der Waals surface area contributed by atoms with Crippen molar-refractivity contribution >= 4 is 0 Å². The normalized spacial score (nSPS) is 10.6. The summed E-state index contributed by atoms with van der Waals surface area (Å²) in [5.74, 6) is 0.830. The van der Waals surface area contributed by atoms with Crippen LogP contribution in [0.2, 0.25) is 0 Å². The zero-order valence-electron chi connectivity index (χ0n) is 10.6. The van der Waals surface area contributed by atoms with Crippen LogP contribution in [0.5, 0.6) is 0 Å². The van der Waals surface area contributed by atoms with Crippen molar-refractivity contribution in [3.63, 3.8) is 0 Å². The van der Waals surface area contributed by atoms with Gasteiger partial charge in [0.1, 0.15) is 5.76 Å². The fraction of sp³-hybridized carbons (Fsp3) is 0.286. The molecule has 1 heterocycles. The monoisotopic (exact) mass is 241 g/mol. The second-order valence-corrected chi connectivity index (χ2v) is 4.41. The van der Waals surface area contributed by atoms with Gasteiger partial charge < -0.3 is 4.52 Å². The minimum absolute atomic E-state index is 0.688. The van der Waals surface area contributed by atoms with E-state index in [0.29, 0.717) is 5.56 Å². The van der Waals surface area contributed by atoms with Crippen molar-refractivity contribution in [2.45, 2.75) is 20.0 Å². The summed E-state index contributed by atoms with van der Waals surface area (Å²) >= 11 is 0. The van der Waals surface area contributed by atoms with Gasteiger partial charge in [-0.1, -0.05) is 17.3 Å². The molecule has 0 atom stereocenters. The third-order valence-electron chi connectivity index (χ3n) is 2.64. The molecule has 1 aromatic carbocycles. The Kier molecular flexibility index (Phi) is 3.75. The highest BCUT2D eigenvalue weighted by Gasteiger charge is 2.05. The maximum Gasteiger partial charge on any atom is 0.133 e. The predicted molar refractivity (Wildman–Crippen MR) is 67.6 cm³/mol. The number of hydrogen-bond acceptors (Lipinski definition) is 4. The molecule has 92 valence electrons. The zero-order chi connectivity index (χ0) is 13.0. The van der Waals surface area contributed by atoms with E-state index >= 15 is 0 Å². The van der Waals surface area contributed by atoms with Crippen molar-refractivity contribution in [1.29, 1.82) is 5.26 Å². The number of rotatable bonds is 4. The van der Waals surface area contributed by atoms with Crippen molar-refractivity contribution in [2.24, 2.45) is 0 Å². The van der Waals surface area contributed by atoms with Gasteiger partial charge in [0.25, 0.3) is 0 Å². The van der Waals surface area contributed by atoms with Crippen LogP contribution in [0.15, 0.2) is 34.9 Å². The second-order valence-electron chi connectivity index (χ2n) is 4.41. The minimum atomic E-state index is 0.688. The molecular formula is C14H15N3O. The molecule has 4 nitrogen and oxygen atoms in total. The Morgan fingerprint density at radius 3 is 2.56 bits per heavy atom. The Hall–Kier alpha value is -2.12. The summed E-state index contributed by atoms with van der Waals surface area (Å²) in [5, 5.41) is 12.7. The van der Waals surface area contributed by atoms with Crippen LogP contribution in [-0.2, 0) is 13.1 Å². The molecule has 0 aliphatic rings. The van der Waals surface area contributed by atoms with Crippen LogP contribution < -0.4 is 0 Å². The van der Waals surface area contributed by atoms with Crippen molar-refractivity contribution in [3.05, 3.63) is 52.9 Å². The average Bonchev–Trinajstić information content (AvgIpc) is 2.75. The Balaban J connectivity index is 1.94. The van der Waals surface area contributed by atoms with E-state index in [1.54, 1.807) is 0 Å². The largest absolute Gasteiger partial charge is 0.361 e. The fourth-order valence-electron chi connectivity index (χ4n) is 1.82. The molecule has 4 heteroatoms. The number of aromatic nitrogens is 1. The third kappa shape index (κ3) is 3.19. The second kappa shape index (κ2) is 5.48. The molecule has 0 amide bonds. The van der Waals surface area contributed by atoms with E-state index in [9.17, 15) is 0 Å². The molecule has 2 rings (SSSR count). The van der Waals surface area contributed by atoms with Gasteiger partial charge in [-0.15, -0.1) is 0 Å². The predicted octanol–water partition coefficient (Wildman–Crippen LogP) is 2.49. The SMILES string of the molecule is Cc1cc(CN(C)Cc2ccc(C#N)cc2)no1. The lowest BCUT2D eigenvalue weighted by atomic mass is 10.1. The quantitative estimate of drug-likeness (QED) is 0.825. The van der Waals surface area contributed by atoms with Crippen LogP contribution in [0.3, 0.4) is 0 Å². The van der Waals surface area contributed by atoms with Gasteiger partial charge in [-0.3, -0.25) is 4.90 Å². The van der Waals surface area contributed by atoms with Gasteiger partial charge in [-0.2, -0.15) is 5.26 Å². The summed E-state index contributed by atoms with van der Waals surface area (Å²) in [6.07, 6.45) is 0. The summed E-state index contributed by atoms with van der Waals surface area (Å²) < 4.78 is 5.03. The van der Waals surface area contributed by atoms with Gasteiger partial charge in [-0.05, 0) is 31.7 Å². The van der Waals surface area contributed by atoms with E-state index in [2.05, 4.69) is 16.1 Å². The smallest absolute Gasteiger partial charge is 0.133 e. The lowest BCUT2D eigenvalue weighted by Crippen LogP contribution is -2.17. The average molecular weight is 241 g/mol. The Morgan fingerprint density at radius 2 is 2.00 bits per heavy atom. The maximum absolute atomic E-state index is 8.73. The van der Waals surface area contributed by atoms with Crippen molar-refractivity contribution in [2.75, 3.05) is 7.05 Å². The van der Waals surface area contributed by atoms with Gasteiger partial charge in [0.15, 0.2) is 0 Å². The molecular weight excluding hydrogens is 226 g/mol. The first-order valence-electron chi connectivity index (χ1n) is 5.77. The summed E-state index contributed by atoms with van der Waals surface area (Å²) in [6.45, 7) is 3.45. The molecule has 0 bridgehead atoms. The number of benzene rings is 1. The Bertz CT molecular complexity index is 551. The van der Waals surface area contributed by atoms with Crippen LogP contribution in [0.1, 0.15) is 22.6 Å². The molecule has 1 aromatic heterocycles. The van der Waals surface area contributed by atoms with Gasteiger partial charge >= 0.3 is 0 Å². The topological polar surface area (TPSA) is 53.1 Å². The highest BCUT2D eigenvalue weighted by atomic mass is 16.5. The van der Waals surface area contributed by atoms with E-state index in [4.69, 9.17) is 9.78 Å². The molecule has 0 saturated heterocycles. The molecule has 0 radical (unpaired) electrons. The molecule has 0 unspecified atom stereocenters. The maximum atomic E-state index is 8.73. The number of aryl methyl sites for hydroxylation is 1. The molecule has 0 N–H and O–H groups in total. The first-order valence-corrected chi connectivity index (χ1v) is 5.77. The molecule has 0 fully saturated rings. The van der Waals surface area contributed by atoms with E-state index in [1.165, 1.54) is 5.56 Å². The molecule has 0 aliphatic carbocycles. The summed E-state index contributed by atoms with van der Waals surface area (Å²) in [7, 11) is 2.03. The number of nitriles is 1. The Morgan fingerprint density at radius 1 is 1.28 bits per heavy atom. The van der Waals surface area contributed by atoms with Gasteiger partial charge in [0.05, 0.1) is 17.3 Å². The van der Waals surface area contributed by atoms with Crippen LogP contribution in [0, 0.1) is 18.3 Å². The van der Waals surface area contributed by atoms with Crippen LogP contribution >= 0.6 is 0 Å². The summed E-state index contributed by atoms with van der Waals surface area (Å²) in [6, 6.07) is 11.7. The van der Waals surface area contributed by atoms with E-state index in [1.807, 2.05) is 44.3 Å². The molecule has 0 spiro atoms. The lowest BCUT2D eigenvalue weighted by molar-refractivity contribution is 0.302. The van der Waals surface area contributed by atoms with E-state index in [0.717, 1.165) is 24.5 Å². The molecule has 0 aliphatic heterocycles. The fourth-order valence-corrected chi connectivity index (χ4v) is 1.82. The Labute approximate surface area is 106 Å². The standard InChI is InChI=1S/C14H15N3O/c1-11-7-14(16-18-11)10-17(2)9-13-5-3-12(8-15)4-6-13/h3-7H,9-10H2,1-2H3. The van der Waals surface area contributed by atoms with Crippen molar-refractivity contribution < 1.29 is 4.52 Å². The molecule has 2 aromatic rings. The summed E-state index contributed by atoms with van der Waals surface area (Å²) in [5.41, 5.74) is 2.80. The van der Waals surface area contributed by atoms with Crippen LogP contribution in [0.4, 0.5) is 0 Å². The third-order valence-corrected chi connectivity index (χ3v) is 2.64. The van der Waals surface area contributed by atoms with Gasteiger partial charge in [0, 0.05) is 19.2 Å². The minimum Gasteiger partial charge on any atom is -0.361 e.